The third-order valence-corrected chi connectivity index (χ3v) is 5.43. The number of fused-ring (bicyclic) bond motifs is 1. The van der Waals surface area contributed by atoms with Gasteiger partial charge in [0.2, 0.25) is 0 Å². The van der Waals surface area contributed by atoms with E-state index in [0.29, 0.717) is 23.8 Å². The monoisotopic (exact) mass is 369 g/mol. The first-order chi connectivity index (χ1) is 12.3. The quantitative estimate of drug-likeness (QED) is 0.692. The average Bonchev–Trinajstić information content (AvgIpc) is 2.60. The summed E-state index contributed by atoms with van der Waals surface area (Å²) >= 11 is 0. The number of pyridine rings is 1. The Bertz CT molecular complexity index is 1010. The fourth-order valence-electron chi connectivity index (χ4n) is 2.60. The van der Waals surface area contributed by atoms with E-state index < -0.39 is 10.0 Å². The first-order valence-corrected chi connectivity index (χ1v) is 10.0. The third-order valence-electron chi connectivity index (χ3n) is 4.04. The highest BCUT2D eigenvalue weighted by Gasteiger charge is 2.16. The molecule has 1 heterocycles. The van der Waals surface area contributed by atoms with Crippen LogP contribution in [0.4, 0.5) is 5.69 Å². The number of sulfonamides is 1. The summed E-state index contributed by atoms with van der Waals surface area (Å²) in [6.07, 6.45) is 0. The van der Waals surface area contributed by atoms with Crippen LogP contribution in [-0.2, 0) is 16.6 Å². The Morgan fingerprint density at radius 1 is 1.00 bits per heavy atom. The van der Waals surface area contributed by atoms with Crippen molar-refractivity contribution in [1.82, 2.24) is 10.3 Å². The zero-order valence-corrected chi connectivity index (χ0v) is 16.0. The number of nitrogens with one attached hydrogen (secondary N) is 2. The minimum atomic E-state index is -3.67. The summed E-state index contributed by atoms with van der Waals surface area (Å²) in [5.74, 6) is 0. The zero-order chi connectivity index (χ0) is 18.7. The fraction of sp³-hybridized carbons (Fsp3) is 0.250. The Hall–Kier alpha value is -2.44. The molecule has 3 rings (SSSR count). The van der Waals surface area contributed by atoms with Gasteiger partial charge in [0.15, 0.2) is 0 Å². The van der Waals surface area contributed by atoms with Crippen molar-refractivity contribution in [2.24, 2.45) is 0 Å². The van der Waals surface area contributed by atoms with Gasteiger partial charge in [0.1, 0.15) is 0 Å². The molecule has 0 aliphatic heterocycles. The SMILES string of the molecule is Cc1ccc(S(=O)(=O)Nc2cccc3ccc(CNC(C)C)nc23)cc1. The smallest absolute Gasteiger partial charge is 0.261 e. The number of rotatable bonds is 6. The highest BCUT2D eigenvalue weighted by atomic mass is 32.2. The molecule has 0 bridgehead atoms. The Kier molecular flexibility index (Phi) is 5.25. The summed E-state index contributed by atoms with van der Waals surface area (Å²) in [5, 5.41) is 4.22. The zero-order valence-electron chi connectivity index (χ0n) is 15.2. The fourth-order valence-corrected chi connectivity index (χ4v) is 3.66. The van der Waals surface area contributed by atoms with E-state index in [0.717, 1.165) is 16.6 Å². The van der Waals surface area contributed by atoms with Crippen molar-refractivity contribution in [2.75, 3.05) is 4.72 Å². The van der Waals surface area contributed by atoms with Gasteiger partial charge >= 0.3 is 0 Å². The van der Waals surface area contributed by atoms with Gasteiger partial charge < -0.3 is 5.32 Å². The summed E-state index contributed by atoms with van der Waals surface area (Å²) in [5.41, 5.74) is 3.01. The number of para-hydroxylation sites is 1. The number of anilines is 1. The molecule has 3 aromatic rings. The van der Waals surface area contributed by atoms with Crippen molar-refractivity contribution >= 4 is 26.6 Å². The molecule has 0 saturated heterocycles. The molecule has 0 radical (unpaired) electrons. The summed E-state index contributed by atoms with van der Waals surface area (Å²) < 4.78 is 28.1. The van der Waals surface area contributed by atoms with Crippen LogP contribution in [0.2, 0.25) is 0 Å². The van der Waals surface area contributed by atoms with E-state index in [-0.39, 0.29) is 4.90 Å². The van der Waals surface area contributed by atoms with E-state index >= 15 is 0 Å². The second-order valence-corrected chi connectivity index (χ2v) is 8.32. The minimum absolute atomic E-state index is 0.234. The van der Waals surface area contributed by atoms with E-state index in [2.05, 4.69) is 28.9 Å². The molecule has 1 aromatic heterocycles. The second-order valence-electron chi connectivity index (χ2n) is 6.63. The topological polar surface area (TPSA) is 71.1 Å². The number of nitrogens with zero attached hydrogens (tertiary/aromatic N) is 1. The molecule has 26 heavy (non-hydrogen) atoms. The van der Waals surface area contributed by atoms with Crippen molar-refractivity contribution < 1.29 is 8.42 Å². The molecule has 5 nitrogen and oxygen atoms in total. The number of hydrogen-bond donors (Lipinski definition) is 2. The van der Waals surface area contributed by atoms with Crippen molar-refractivity contribution in [1.29, 1.82) is 0 Å². The maximum absolute atomic E-state index is 12.7. The van der Waals surface area contributed by atoms with Crippen LogP contribution in [0.15, 0.2) is 59.5 Å². The van der Waals surface area contributed by atoms with Crippen LogP contribution >= 0.6 is 0 Å². The first kappa shape index (κ1) is 18.4. The van der Waals surface area contributed by atoms with Crippen molar-refractivity contribution in [3.63, 3.8) is 0 Å². The molecule has 0 spiro atoms. The van der Waals surface area contributed by atoms with Crippen LogP contribution in [0, 0.1) is 6.92 Å². The Balaban J connectivity index is 1.96. The highest BCUT2D eigenvalue weighted by molar-refractivity contribution is 7.92. The van der Waals surface area contributed by atoms with Crippen molar-refractivity contribution in [2.45, 2.75) is 38.3 Å². The summed E-state index contributed by atoms with van der Waals surface area (Å²) in [4.78, 5) is 4.88. The van der Waals surface area contributed by atoms with Crippen LogP contribution in [0.3, 0.4) is 0 Å². The summed E-state index contributed by atoms with van der Waals surface area (Å²) in [6, 6.07) is 16.5. The minimum Gasteiger partial charge on any atom is -0.309 e. The first-order valence-electron chi connectivity index (χ1n) is 8.57. The van der Waals surface area contributed by atoms with Gasteiger partial charge in [-0.3, -0.25) is 4.72 Å². The van der Waals surface area contributed by atoms with E-state index in [1.54, 1.807) is 30.3 Å². The number of aryl methyl sites for hydroxylation is 1. The molecular weight excluding hydrogens is 346 g/mol. The van der Waals surface area contributed by atoms with E-state index in [9.17, 15) is 8.42 Å². The number of aromatic nitrogens is 1. The van der Waals surface area contributed by atoms with Crippen LogP contribution in [0.1, 0.15) is 25.1 Å². The van der Waals surface area contributed by atoms with E-state index in [1.165, 1.54) is 0 Å². The average molecular weight is 369 g/mol. The van der Waals surface area contributed by atoms with Crippen molar-refractivity contribution in [3.05, 3.63) is 65.9 Å². The molecule has 0 saturated carbocycles. The Morgan fingerprint density at radius 3 is 2.42 bits per heavy atom. The van der Waals surface area contributed by atoms with Gasteiger partial charge in [-0.15, -0.1) is 0 Å². The molecule has 0 aliphatic rings. The second kappa shape index (κ2) is 7.43. The molecule has 136 valence electrons. The van der Waals surface area contributed by atoms with Gasteiger partial charge in [0.25, 0.3) is 10.0 Å². The standard InChI is InChI=1S/C20H23N3O2S/c1-14(2)21-13-17-10-9-16-5-4-6-19(20(16)22-17)23-26(24,25)18-11-7-15(3)8-12-18/h4-12,14,21,23H,13H2,1-3H3. The third kappa shape index (κ3) is 4.20. The largest absolute Gasteiger partial charge is 0.309 e. The number of hydrogen-bond acceptors (Lipinski definition) is 4. The van der Waals surface area contributed by atoms with Gasteiger partial charge in [-0.1, -0.05) is 49.7 Å². The van der Waals surface area contributed by atoms with E-state index in [1.807, 2.05) is 31.2 Å². The molecule has 2 N–H and O–H groups in total. The summed E-state index contributed by atoms with van der Waals surface area (Å²) in [6.45, 7) is 6.70. The highest BCUT2D eigenvalue weighted by Crippen LogP contribution is 2.25. The maximum atomic E-state index is 12.7. The van der Waals surface area contributed by atoms with Crippen LogP contribution in [0.5, 0.6) is 0 Å². The Morgan fingerprint density at radius 2 is 1.73 bits per heavy atom. The lowest BCUT2D eigenvalue weighted by Crippen LogP contribution is -2.22. The molecule has 2 aromatic carbocycles. The van der Waals surface area contributed by atoms with Gasteiger partial charge in [-0.25, -0.2) is 13.4 Å². The van der Waals surface area contributed by atoms with Gasteiger partial charge in [0.05, 0.1) is 21.8 Å². The predicted molar refractivity (Wildman–Crippen MR) is 106 cm³/mol. The van der Waals surface area contributed by atoms with Crippen LogP contribution in [0.25, 0.3) is 10.9 Å². The molecular formula is C20H23N3O2S. The molecule has 6 heteroatoms. The van der Waals surface area contributed by atoms with Gasteiger partial charge in [-0.2, -0.15) is 0 Å². The Labute approximate surface area is 154 Å². The van der Waals surface area contributed by atoms with Gasteiger partial charge in [0, 0.05) is 18.0 Å². The lowest BCUT2D eigenvalue weighted by molar-refractivity contribution is 0.582. The normalized spacial score (nSPS) is 11.8. The van der Waals surface area contributed by atoms with Gasteiger partial charge in [-0.05, 0) is 31.2 Å². The molecule has 0 fully saturated rings. The van der Waals surface area contributed by atoms with E-state index in [4.69, 9.17) is 0 Å². The molecule has 0 unspecified atom stereocenters. The van der Waals surface area contributed by atoms with Crippen molar-refractivity contribution in [3.8, 4) is 0 Å². The van der Waals surface area contributed by atoms with Crippen LogP contribution in [-0.4, -0.2) is 19.4 Å². The predicted octanol–water partition coefficient (Wildman–Crippen LogP) is 3.84. The molecule has 0 atom stereocenters. The molecule has 0 amide bonds. The maximum Gasteiger partial charge on any atom is 0.261 e. The lowest BCUT2D eigenvalue weighted by Gasteiger charge is -2.12. The summed E-state index contributed by atoms with van der Waals surface area (Å²) in [7, 11) is -3.67. The lowest BCUT2D eigenvalue weighted by atomic mass is 10.1. The van der Waals surface area contributed by atoms with Crippen LogP contribution < -0.4 is 10.0 Å². The number of benzene rings is 2. The molecule has 0 aliphatic carbocycles.